The Kier molecular flexibility index (Phi) is 76.4. The van der Waals surface area contributed by atoms with E-state index in [2.05, 4.69) is 222 Å². The Balaban J connectivity index is 5.49. The molecule has 0 amide bonds. The molecule has 3 N–H and O–H groups in total. The molecule has 19 heteroatoms. The molecule has 0 rings (SSSR count). The fourth-order valence-electron chi connectivity index (χ4n) is 10.4. The molecule has 0 saturated heterocycles. The zero-order chi connectivity index (χ0) is 80.3. The predicted molar refractivity (Wildman–Crippen MR) is 454 cm³/mol. The summed E-state index contributed by atoms with van der Waals surface area (Å²) >= 11 is 0. The number of ether oxygens (including phenoxy) is 4. The molecule has 0 heterocycles. The van der Waals surface area contributed by atoms with Crippen LogP contribution in [0.1, 0.15) is 297 Å². The van der Waals surface area contributed by atoms with E-state index in [0.717, 1.165) is 218 Å². The van der Waals surface area contributed by atoms with Gasteiger partial charge in [0.1, 0.15) is 19.3 Å². The normalized spacial score (nSPS) is 14.8. The number of phosphoric acid groups is 2. The molecule has 110 heavy (non-hydrogen) atoms. The average molecular weight is 1570 g/mol. The van der Waals surface area contributed by atoms with E-state index in [1.165, 1.54) is 0 Å². The molecule has 0 aliphatic heterocycles. The van der Waals surface area contributed by atoms with Crippen LogP contribution in [0.2, 0.25) is 0 Å². The first-order chi connectivity index (χ1) is 53.7. The molecule has 0 aromatic rings. The van der Waals surface area contributed by atoms with Crippen molar-refractivity contribution in [3.63, 3.8) is 0 Å². The number of unbranched alkanes of at least 4 members (excludes halogenated alkanes) is 18. The summed E-state index contributed by atoms with van der Waals surface area (Å²) in [6, 6.07) is 0. The van der Waals surface area contributed by atoms with Crippen molar-refractivity contribution in [2.75, 3.05) is 39.6 Å². The van der Waals surface area contributed by atoms with Crippen LogP contribution in [0.5, 0.6) is 0 Å². The second-order valence-corrected chi connectivity index (χ2v) is 29.8. The van der Waals surface area contributed by atoms with E-state index >= 15 is 0 Å². The number of carbonyl (C=O) groups excluding carboxylic acids is 4. The number of carbonyl (C=O) groups is 4. The van der Waals surface area contributed by atoms with Crippen molar-refractivity contribution in [1.29, 1.82) is 0 Å². The lowest BCUT2D eigenvalue weighted by atomic mass is 10.1. The first-order valence-corrected chi connectivity index (χ1v) is 44.7. The fourth-order valence-corrected chi connectivity index (χ4v) is 11.9. The molecule has 0 aromatic carbocycles. The number of hydrogen-bond acceptors (Lipinski definition) is 15. The van der Waals surface area contributed by atoms with Crippen molar-refractivity contribution in [1.82, 2.24) is 0 Å². The monoisotopic (exact) mass is 1570 g/mol. The smallest absolute Gasteiger partial charge is 0.462 e. The minimum absolute atomic E-state index is 0.0529. The Morgan fingerprint density at radius 1 is 0.255 bits per heavy atom. The van der Waals surface area contributed by atoms with E-state index in [-0.39, 0.29) is 25.7 Å². The van der Waals surface area contributed by atoms with Crippen molar-refractivity contribution in [3.05, 3.63) is 194 Å². The average Bonchev–Trinajstić information content (AvgIpc) is 0.906. The summed E-state index contributed by atoms with van der Waals surface area (Å²) in [5, 5.41) is 10.7. The van der Waals surface area contributed by atoms with Crippen LogP contribution in [0.4, 0.5) is 0 Å². The van der Waals surface area contributed by atoms with Crippen molar-refractivity contribution >= 4 is 39.5 Å². The van der Waals surface area contributed by atoms with Gasteiger partial charge in [-0.2, -0.15) is 0 Å². The maximum Gasteiger partial charge on any atom is 0.472 e. The third kappa shape index (κ3) is 80.0. The van der Waals surface area contributed by atoms with Gasteiger partial charge >= 0.3 is 39.5 Å². The molecule has 0 fully saturated rings. The third-order valence-corrected chi connectivity index (χ3v) is 18.4. The highest BCUT2D eigenvalue weighted by atomic mass is 31.2. The lowest BCUT2D eigenvalue weighted by molar-refractivity contribution is -0.161. The summed E-state index contributed by atoms with van der Waals surface area (Å²) in [5.41, 5.74) is 0. The first-order valence-electron chi connectivity index (χ1n) is 41.7. The van der Waals surface area contributed by atoms with Crippen molar-refractivity contribution in [3.8, 4) is 0 Å². The highest BCUT2D eigenvalue weighted by Gasteiger charge is 2.30. The van der Waals surface area contributed by atoms with Crippen molar-refractivity contribution < 1.29 is 80.2 Å². The number of phosphoric ester groups is 2. The summed E-state index contributed by atoms with van der Waals surface area (Å²) in [6.45, 7) is 4.31. The van der Waals surface area contributed by atoms with E-state index in [1.54, 1.807) is 0 Å². The molecular formula is C91H146O17P2. The van der Waals surface area contributed by atoms with E-state index < -0.39 is 97.5 Å². The Morgan fingerprint density at radius 2 is 0.445 bits per heavy atom. The maximum absolute atomic E-state index is 13.1. The van der Waals surface area contributed by atoms with Gasteiger partial charge in [-0.25, -0.2) is 9.13 Å². The Hall–Kier alpha value is -6.10. The van der Waals surface area contributed by atoms with Gasteiger partial charge in [0.15, 0.2) is 12.2 Å². The van der Waals surface area contributed by atoms with Gasteiger partial charge in [-0.05, 0) is 180 Å². The van der Waals surface area contributed by atoms with Gasteiger partial charge in [0.05, 0.1) is 26.4 Å². The van der Waals surface area contributed by atoms with Gasteiger partial charge in [0, 0.05) is 25.7 Å². The molecule has 622 valence electrons. The Labute approximate surface area is 666 Å². The molecule has 0 radical (unpaired) electrons. The second kappa shape index (κ2) is 80.9. The summed E-state index contributed by atoms with van der Waals surface area (Å²) in [7, 11) is -10.0. The largest absolute Gasteiger partial charge is 0.472 e. The van der Waals surface area contributed by atoms with E-state index in [1.807, 2.05) is 0 Å². The van der Waals surface area contributed by atoms with Crippen LogP contribution in [-0.2, 0) is 65.4 Å². The minimum atomic E-state index is -5.01. The zero-order valence-electron chi connectivity index (χ0n) is 68.1. The van der Waals surface area contributed by atoms with Crippen LogP contribution >= 0.6 is 15.6 Å². The first kappa shape index (κ1) is 104. The van der Waals surface area contributed by atoms with Crippen LogP contribution in [0, 0.1) is 0 Å². The summed E-state index contributed by atoms with van der Waals surface area (Å²) in [5.74, 6) is -2.29. The maximum atomic E-state index is 13.1. The number of allylic oxidation sites excluding steroid dienone is 32. The number of hydrogen-bond donors (Lipinski definition) is 3. The van der Waals surface area contributed by atoms with Crippen molar-refractivity contribution in [2.45, 2.75) is 316 Å². The molecule has 0 aliphatic carbocycles. The van der Waals surface area contributed by atoms with Crippen LogP contribution in [-0.4, -0.2) is 96.7 Å². The summed E-state index contributed by atoms with van der Waals surface area (Å²) in [4.78, 5) is 73.2. The highest BCUT2D eigenvalue weighted by molar-refractivity contribution is 7.47. The topological polar surface area (TPSA) is 237 Å². The molecular weight excluding hydrogens is 1430 g/mol. The van der Waals surface area contributed by atoms with Crippen LogP contribution in [0.25, 0.3) is 0 Å². The second-order valence-electron chi connectivity index (χ2n) is 26.9. The predicted octanol–water partition coefficient (Wildman–Crippen LogP) is 24.9. The molecule has 17 nitrogen and oxygen atoms in total. The van der Waals surface area contributed by atoms with Gasteiger partial charge < -0.3 is 33.8 Å². The SMILES string of the molecule is CC/C=C\C/C=C\C/C=C\C/C=C\CCCCCCCCC(=O)OCC(COP(=O)(O)OCC(O)COP(=O)(O)OCC(COC(=O)CCCCCC/C=C\C/C=C\C/C=C\C/C=C\CC)OC(=O)CCCCCC/C=C\C/C=C\C/C=C\C/C=C\CC)OC(=O)CCCCCC/C=C\C/C=C\C/C=C\C/C=C\CC. The van der Waals surface area contributed by atoms with Crippen LogP contribution < -0.4 is 0 Å². The van der Waals surface area contributed by atoms with Crippen LogP contribution in [0.3, 0.4) is 0 Å². The van der Waals surface area contributed by atoms with Gasteiger partial charge in [-0.1, -0.05) is 286 Å². The molecule has 0 bridgehead atoms. The van der Waals surface area contributed by atoms with Gasteiger partial charge in [0.2, 0.25) is 0 Å². The molecule has 5 atom stereocenters. The molecule has 5 unspecified atom stereocenters. The lowest BCUT2D eigenvalue weighted by Crippen LogP contribution is -2.30. The molecule has 0 aromatic heterocycles. The molecule has 0 spiro atoms. The molecule has 0 saturated carbocycles. The summed E-state index contributed by atoms with van der Waals surface area (Å²) in [6.07, 6.45) is 99.6. The molecule has 0 aliphatic rings. The number of esters is 4. The van der Waals surface area contributed by atoms with E-state index in [4.69, 9.17) is 37.0 Å². The zero-order valence-corrected chi connectivity index (χ0v) is 69.9. The van der Waals surface area contributed by atoms with Gasteiger partial charge in [-0.15, -0.1) is 0 Å². The van der Waals surface area contributed by atoms with E-state index in [9.17, 15) is 43.2 Å². The quantitative estimate of drug-likeness (QED) is 0.0169. The standard InChI is InChI=1S/C91H146O17P2/c1-5-9-13-17-21-25-29-33-37-41-42-46-48-52-56-60-64-68-72-76-89(94)102-82-87(108-91(96)78-74-70-66-62-58-54-50-45-40-36-32-28-24-20-16-12-8-4)84-106-110(99,100)104-80-85(92)79-103-109(97,98)105-83-86(107-90(95)77-73-69-65-61-57-53-49-44-39-35-31-27-23-19-15-11-7-3)81-101-88(93)75-71-67-63-59-55-51-47-43-38-34-30-26-22-18-14-10-6-2/h9-16,21-28,33-40,42,46-47,49-51,53-54,85-87,92H,5-8,17-20,29-32,41,43-45,48,52,55-84H2,1-4H3,(H,97,98)(H,99,100)/b13-9-,14-10-,15-11-,16-12-,25-21-,26-22-,27-23-,28-24-,37-33-,38-34-,39-35-,40-36-,46-42-,51-47-,53-49-,54-50-. The van der Waals surface area contributed by atoms with Gasteiger partial charge in [0.25, 0.3) is 0 Å². The Bertz CT molecular complexity index is 2850. The lowest BCUT2D eigenvalue weighted by Gasteiger charge is -2.21. The van der Waals surface area contributed by atoms with Gasteiger partial charge in [-0.3, -0.25) is 37.3 Å². The van der Waals surface area contributed by atoms with E-state index in [0.29, 0.717) is 25.7 Å². The Morgan fingerprint density at radius 3 is 0.682 bits per heavy atom. The number of rotatable bonds is 76. The number of aliphatic hydroxyl groups is 1. The fraction of sp³-hybridized carbons (Fsp3) is 0.604. The number of aliphatic hydroxyl groups excluding tert-OH is 1. The van der Waals surface area contributed by atoms with Crippen LogP contribution in [0.15, 0.2) is 194 Å². The van der Waals surface area contributed by atoms with Crippen molar-refractivity contribution in [2.24, 2.45) is 0 Å². The minimum Gasteiger partial charge on any atom is -0.462 e. The summed E-state index contributed by atoms with van der Waals surface area (Å²) < 4.78 is 68.7. The highest BCUT2D eigenvalue weighted by Crippen LogP contribution is 2.45. The third-order valence-electron chi connectivity index (χ3n) is 16.5.